The van der Waals surface area contributed by atoms with Gasteiger partial charge in [0.05, 0.1) is 0 Å². The Hall–Kier alpha value is -0.0700. The van der Waals surface area contributed by atoms with E-state index < -0.39 is 15.2 Å². The van der Waals surface area contributed by atoms with Gasteiger partial charge in [-0.1, -0.05) is 20.8 Å². The van der Waals surface area contributed by atoms with Crippen molar-refractivity contribution in [3.63, 3.8) is 0 Å². The third kappa shape index (κ3) is 4.02. The molecule has 2 aliphatic rings. The summed E-state index contributed by atoms with van der Waals surface area (Å²) < 4.78 is 24.6. The van der Waals surface area contributed by atoms with Crippen LogP contribution >= 0.6 is 11.8 Å². The van der Waals surface area contributed by atoms with Gasteiger partial charge in [-0.2, -0.15) is 11.8 Å². The maximum Gasteiger partial charge on any atom is 0.166 e. The standard InChI is InChI=1S/C15H27NO3S2/c1-4-21(18,19)15-10-20-6-5-16(15)9-13-12(3)7-11(2)8-14(13)17/h11-13,15H,4-10H2,1-3H3. The second-order valence-electron chi connectivity index (χ2n) is 6.57. The number of sulfone groups is 1. The maximum atomic E-state index is 12.3. The SMILES string of the molecule is CCS(=O)(=O)C1CSCCN1CC1C(=O)CC(C)CC1C. The molecule has 2 fully saturated rings. The van der Waals surface area contributed by atoms with Crippen LogP contribution in [-0.2, 0) is 14.6 Å². The normalized spacial score (nSPS) is 35.9. The van der Waals surface area contributed by atoms with Crippen molar-refractivity contribution < 1.29 is 13.2 Å². The largest absolute Gasteiger partial charge is 0.299 e. The number of rotatable bonds is 4. The monoisotopic (exact) mass is 333 g/mol. The molecular formula is C15H27NO3S2. The van der Waals surface area contributed by atoms with E-state index in [1.165, 1.54) is 0 Å². The summed E-state index contributed by atoms with van der Waals surface area (Å²) in [5.74, 6) is 2.95. The summed E-state index contributed by atoms with van der Waals surface area (Å²) in [6.07, 6.45) is 1.73. The molecule has 4 nitrogen and oxygen atoms in total. The molecule has 0 radical (unpaired) electrons. The molecule has 2 rings (SSSR count). The van der Waals surface area contributed by atoms with Gasteiger partial charge in [0, 0.05) is 42.7 Å². The van der Waals surface area contributed by atoms with Gasteiger partial charge in [0.15, 0.2) is 9.84 Å². The van der Waals surface area contributed by atoms with Gasteiger partial charge in [0.2, 0.25) is 0 Å². The fourth-order valence-corrected chi connectivity index (χ4v) is 6.67. The lowest BCUT2D eigenvalue weighted by Crippen LogP contribution is -2.51. The summed E-state index contributed by atoms with van der Waals surface area (Å²) in [6.45, 7) is 7.38. The van der Waals surface area contributed by atoms with E-state index in [0.29, 0.717) is 36.3 Å². The molecule has 0 amide bonds. The Morgan fingerprint density at radius 2 is 2.05 bits per heavy atom. The average molecular weight is 334 g/mol. The van der Waals surface area contributed by atoms with Gasteiger partial charge in [-0.05, 0) is 18.3 Å². The molecule has 1 saturated heterocycles. The first-order chi connectivity index (χ1) is 9.85. The first kappa shape index (κ1) is 17.3. The number of ketones is 1. The predicted molar refractivity (Wildman–Crippen MR) is 88.2 cm³/mol. The highest BCUT2D eigenvalue weighted by atomic mass is 32.2. The van der Waals surface area contributed by atoms with Crippen LogP contribution in [0.5, 0.6) is 0 Å². The molecule has 6 heteroatoms. The molecule has 4 unspecified atom stereocenters. The van der Waals surface area contributed by atoms with E-state index >= 15 is 0 Å². The third-order valence-electron chi connectivity index (χ3n) is 4.86. The number of Topliss-reactive ketones (excluding diaryl/α,β-unsaturated/α-hetero) is 1. The highest BCUT2D eigenvalue weighted by molar-refractivity contribution is 8.01. The molecule has 1 aliphatic carbocycles. The summed E-state index contributed by atoms with van der Waals surface area (Å²) in [5.41, 5.74) is 0. The first-order valence-corrected chi connectivity index (χ1v) is 10.8. The van der Waals surface area contributed by atoms with Gasteiger partial charge < -0.3 is 0 Å². The van der Waals surface area contributed by atoms with Crippen molar-refractivity contribution in [2.45, 2.75) is 39.0 Å². The molecule has 0 bridgehead atoms. The van der Waals surface area contributed by atoms with Gasteiger partial charge in [0.1, 0.15) is 11.2 Å². The highest BCUT2D eigenvalue weighted by Gasteiger charge is 2.38. The van der Waals surface area contributed by atoms with Gasteiger partial charge >= 0.3 is 0 Å². The number of thioether (sulfide) groups is 1. The Morgan fingerprint density at radius 3 is 2.67 bits per heavy atom. The highest BCUT2D eigenvalue weighted by Crippen LogP contribution is 2.33. The summed E-state index contributed by atoms with van der Waals surface area (Å²) in [5, 5.41) is -0.402. The number of carbonyl (C=O) groups is 1. The van der Waals surface area contributed by atoms with Crippen LogP contribution in [0.25, 0.3) is 0 Å². The summed E-state index contributed by atoms with van der Waals surface area (Å²) in [6, 6.07) is 0. The molecule has 0 aromatic rings. The molecule has 0 aromatic heterocycles. The van der Waals surface area contributed by atoms with E-state index in [1.807, 2.05) is 0 Å². The van der Waals surface area contributed by atoms with Crippen molar-refractivity contribution >= 4 is 27.4 Å². The van der Waals surface area contributed by atoms with E-state index in [-0.39, 0.29) is 11.7 Å². The summed E-state index contributed by atoms with van der Waals surface area (Å²) >= 11 is 1.71. The summed E-state index contributed by atoms with van der Waals surface area (Å²) in [7, 11) is -3.07. The molecule has 21 heavy (non-hydrogen) atoms. The van der Waals surface area contributed by atoms with Crippen molar-refractivity contribution in [2.24, 2.45) is 17.8 Å². The third-order valence-corrected chi connectivity index (χ3v) is 8.20. The molecular weight excluding hydrogens is 306 g/mol. The minimum Gasteiger partial charge on any atom is -0.299 e. The molecule has 122 valence electrons. The van der Waals surface area contributed by atoms with Crippen LogP contribution in [0.3, 0.4) is 0 Å². The van der Waals surface area contributed by atoms with Crippen molar-refractivity contribution in [1.82, 2.24) is 4.90 Å². The molecule has 0 N–H and O–H groups in total. The van der Waals surface area contributed by atoms with E-state index in [9.17, 15) is 13.2 Å². The lowest BCUT2D eigenvalue weighted by molar-refractivity contribution is -0.128. The zero-order valence-electron chi connectivity index (χ0n) is 13.2. The number of hydrogen-bond acceptors (Lipinski definition) is 5. The minimum atomic E-state index is -3.07. The Morgan fingerprint density at radius 1 is 1.33 bits per heavy atom. The van der Waals surface area contributed by atoms with E-state index in [2.05, 4.69) is 18.7 Å². The first-order valence-electron chi connectivity index (χ1n) is 7.91. The topological polar surface area (TPSA) is 54.5 Å². The van der Waals surface area contributed by atoms with Crippen LogP contribution < -0.4 is 0 Å². The van der Waals surface area contributed by atoms with Crippen LogP contribution in [0.4, 0.5) is 0 Å². The zero-order valence-corrected chi connectivity index (χ0v) is 14.9. The lowest BCUT2D eigenvalue weighted by atomic mass is 9.74. The second-order valence-corrected chi connectivity index (χ2v) is 10.2. The fourth-order valence-electron chi connectivity index (χ4n) is 3.58. The fraction of sp³-hybridized carbons (Fsp3) is 0.933. The predicted octanol–water partition coefficient (Wildman–Crippen LogP) is 2.05. The van der Waals surface area contributed by atoms with E-state index in [0.717, 1.165) is 18.7 Å². The Bertz CT molecular complexity index is 477. The minimum absolute atomic E-state index is 0.0128. The molecule has 4 atom stereocenters. The molecule has 0 spiro atoms. The molecule has 1 aliphatic heterocycles. The lowest BCUT2D eigenvalue weighted by Gasteiger charge is -2.40. The van der Waals surface area contributed by atoms with Crippen LogP contribution in [0.15, 0.2) is 0 Å². The quantitative estimate of drug-likeness (QED) is 0.788. The maximum absolute atomic E-state index is 12.3. The summed E-state index contributed by atoms with van der Waals surface area (Å²) in [4.78, 5) is 14.4. The Kier molecular flexibility index (Phi) is 5.77. The Balaban J connectivity index is 2.10. The van der Waals surface area contributed by atoms with Crippen LogP contribution in [0.2, 0.25) is 0 Å². The number of nitrogens with zero attached hydrogens (tertiary/aromatic N) is 1. The van der Waals surface area contributed by atoms with Crippen LogP contribution in [0.1, 0.15) is 33.6 Å². The average Bonchev–Trinajstić information content (AvgIpc) is 2.43. The Labute approximate surface area is 133 Å². The van der Waals surface area contributed by atoms with E-state index in [4.69, 9.17) is 0 Å². The second kappa shape index (κ2) is 7.01. The molecule has 1 heterocycles. The van der Waals surface area contributed by atoms with Gasteiger partial charge in [-0.3, -0.25) is 9.69 Å². The zero-order chi connectivity index (χ0) is 15.6. The molecule has 1 saturated carbocycles. The van der Waals surface area contributed by atoms with Crippen molar-refractivity contribution in [2.75, 3.05) is 30.3 Å². The van der Waals surface area contributed by atoms with Gasteiger partial charge in [-0.25, -0.2) is 8.42 Å². The smallest absolute Gasteiger partial charge is 0.166 e. The number of carbonyl (C=O) groups excluding carboxylic acids is 1. The van der Waals surface area contributed by atoms with Crippen LogP contribution in [-0.4, -0.2) is 54.8 Å². The number of hydrogen-bond donors (Lipinski definition) is 0. The van der Waals surface area contributed by atoms with Crippen molar-refractivity contribution in [3.05, 3.63) is 0 Å². The van der Waals surface area contributed by atoms with Gasteiger partial charge in [0.25, 0.3) is 0 Å². The van der Waals surface area contributed by atoms with Crippen molar-refractivity contribution in [3.8, 4) is 0 Å². The van der Waals surface area contributed by atoms with E-state index in [1.54, 1.807) is 18.7 Å². The molecule has 0 aromatic carbocycles. The van der Waals surface area contributed by atoms with Gasteiger partial charge in [-0.15, -0.1) is 0 Å². The van der Waals surface area contributed by atoms with Crippen molar-refractivity contribution in [1.29, 1.82) is 0 Å². The van der Waals surface area contributed by atoms with Crippen LogP contribution in [0, 0.1) is 17.8 Å².